The third kappa shape index (κ3) is 75.7. The van der Waals surface area contributed by atoms with Crippen LogP contribution in [0.3, 0.4) is 0 Å². The monoisotopic (exact) mass is 1300 g/mol. The molecule has 0 radical (unpaired) electrons. The summed E-state index contributed by atoms with van der Waals surface area (Å²) in [6.07, 6.45) is 98.8. The zero-order valence-corrected chi connectivity index (χ0v) is 61.9. The molecular weight excluding hydrogens is 1150 g/mol. The van der Waals surface area contributed by atoms with Crippen LogP contribution in [0.15, 0.2) is 85.1 Å². The number of carboxylic acid groups (broad SMARTS) is 1. The number of unbranched alkanes of at least 4 members (excludes halogenated alkanes) is 45. The zero-order chi connectivity index (χ0) is 67.5. The second kappa shape index (κ2) is 74.3. The van der Waals surface area contributed by atoms with Gasteiger partial charge in [-0.1, -0.05) is 375 Å². The number of rotatable bonds is 74. The van der Waals surface area contributed by atoms with Gasteiger partial charge < -0.3 is 28.5 Å². The lowest BCUT2D eigenvalue weighted by Gasteiger charge is -2.25. The highest BCUT2D eigenvalue weighted by molar-refractivity contribution is 5.71. The van der Waals surface area contributed by atoms with Gasteiger partial charge in [-0.05, 0) is 70.6 Å². The first-order valence-corrected chi connectivity index (χ1v) is 39.8. The Morgan fingerprint density at radius 2 is 0.613 bits per heavy atom. The van der Waals surface area contributed by atoms with Gasteiger partial charge in [0.2, 0.25) is 0 Å². The number of hydrogen-bond acceptors (Lipinski definition) is 7. The Morgan fingerprint density at radius 1 is 0.333 bits per heavy atom. The largest absolute Gasteiger partial charge is 0.477 e. The first kappa shape index (κ1) is 89.5. The van der Waals surface area contributed by atoms with Crippen LogP contribution >= 0.6 is 0 Å². The highest BCUT2D eigenvalue weighted by atomic mass is 16.7. The molecule has 0 rings (SSSR count). The second-order valence-corrected chi connectivity index (χ2v) is 28.0. The molecule has 0 spiro atoms. The summed E-state index contributed by atoms with van der Waals surface area (Å²) in [5, 5.41) is 9.77. The fourth-order valence-electron chi connectivity index (χ4n) is 11.6. The van der Waals surface area contributed by atoms with Crippen LogP contribution in [0.4, 0.5) is 0 Å². The van der Waals surface area contributed by atoms with Gasteiger partial charge in [-0.25, -0.2) is 4.79 Å². The maximum Gasteiger partial charge on any atom is 0.361 e. The summed E-state index contributed by atoms with van der Waals surface area (Å²) in [5.41, 5.74) is 0. The molecule has 2 unspecified atom stereocenters. The molecule has 0 aromatic rings. The van der Waals surface area contributed by atoms with Crippen molar-refractivity contribution in [2.75, 3.05) is 47.5 Å². The third-order valence-corrected chi connectivity index (χ3v) is 17.7. The summed E-state index contributed by atoms with van der Waals surface area (Å²) in [6.45, 7) is 4.81. The normalized spacial score (nSPS) is 13.1. The van der Waals surface area contributed by atoms with E-state index in [0.29, 0.717) is 23.9 Å². The molecular formula is C84H152NO8+. The van der Waals surface area contributed by atoms with E-state index in [2.05, 4.69) is 98.9 Å². The summed E-state index contributed by atoms with van der Waals surface area (Å²) in [6, 6.07) is 0. The van der Waals surface area contributed by atoms with Gasteiger partial charge >= 0.3 is 17.9 Å². The van der Waals surface area contributed by atoms with Crippen molar-refractivity contribution in [2.45, 2.75) is 386 Å². The topological polar surface area (TPSA) is 108 Å². The van der Waals surface area contributed by atoms with E-state index >= 15 is 0 Å². The quantitative estimate of drug-likeness (QED) is 0.0211. The Bertz CT molecular complexity index is 1810. The Hall–Kier alpha value is -3.53. The SMILES string of the molecule is CC/C=C\C/C=C\C/C=C\C/C=C\C/C=C\C/C=C\C/C=C\CCCCCCCCCCCC(=O)OC(COC(=O)CCCCCCCCCCCCCCCCCCCCCCCCCCCCCCCCCCCCCCC)COC(OCC[N+](C)(C)C)C(=O)O. The van der Waals surface area contributed by atoms with Crippen molar-refractivity contribution in [1.29, 1.82) is 0 Å². The summed E-state index contributed by atoms with van der Waals surface area (Å²) >= 11 is 0. The van der Waals surface area contributed by atoms with Crippen molar-refractivity contribution in [3.05, 3.63) is 85.1 Å². The molecule has 0 aliphatic rings. The Morgan fingerprint density at radius 3 is 0.914 bits per heavy atom. The molecule has 0 heterocycles. The van der Waals surface area contributed by atoms with E-state index in [1.54, 1.807) is 0 Å². The molecule has 9 nitrogen and oxygen atoms in total. The molecule has 0 aliphatic carbocycles. The van der Waals surface area contributed by atoms with Crippen LogP contribution in [0.1, 0.15) is 373 Å². The molecule has 0 aliphatic heterocycles. The number of quaternary nitrogens is 1. The maximum atomic E-state index is 13.0. The predicted octanol–water partition coefficient (Wildman–Crippen LogP) is 25.4. The molecule has 0 bridgehead atoms. The first-order valence-electron chi connectivity index (χ1n) is 39.8. The Balaban J connectivity index is 4.02. The van der Waals surface area contributed by atoms with Crippen LogP contribution in [0.25, 0.3) is 0 Å². The maximum absolute atomic E-state index is 13.0. The van der Waals surface area contributed by atoms with Crippen LogP contribution in [0.2, 0.25) is 0 Å². The van der Waals surface area contributed by atoms with E-state index in [0.717, 1.165) is 89.9 Å². The average molecular weight is 1300 g/mol. The zero-order valence-electron chi connectivity index (χ0n) is 61.9. The van der Waals surface area contributed by atoms with Crippen molar-refractivity contribution >= 4 is 17.9 Å². The molecule has 0 saturated heterocycles. The summed E-state index contributed by atoms with van der Waals surface area (Å²) in [5.74, 6) is -2.00. The number of allylic oxidation sites excluding steroid dienone is 14. The van der Waals surface area contributed by atoms with E-state index < -0.39 is 24.3 Å². The van der Waals surface area contributed by atoms with Crippen LogP contribution < -0.4 is 0 Å². The van der Waals surface area contributed by atoms with Crippen LogP contribution in [0.5, 0.6) is 0 Å². The second-order valence-electron chi connectivity index (χ2n) is 28.0. The molecule has 9 heteroatoms. The van der Waals surface area contributed by atoms with Crippen LogP contribution in [-0.4, -0.2) is 87.4 Å². The minimum absolute atomic E-state index is 0.184. The first-order chi connectivity index (χ1) is 45.6. The van der Waals surface area contributed by atoms with Gasteiger partial charge in [-0.2, -0.15) is 0 Å². The lowest BCUT2D eigenvalue weighted by atomic mass is 10.0. The number of ether oxygens (including phenoxy) is 4. The number of hydrogen-bond donors (Lipinski definition) is 1. The van der Waals surface area contributed by atoms with Gasteiger partial charge in [0.05, 0.1) is 34.4 Å². The van der Waals surface area contributed by atoms with E-state index in [4.69, 9.17) is 18.9 Å². The number of carbonyl (C=O) groups excluding carboxylic acids is 2. The van der Waals surface area contributed by atoms with Crippen molar-refractivity contribution < 1.29 is 42.9 Å². The minimum atomic E-state index is -1.52. The van der Waals surface area contributed by atoms with Gasteiger partial charge in [0, 0.05) is 12.8 Å². The van der Waals surface area contributed by atoms with Crippen LogP contribution in [-0.2, 0) is 33.3 Å². The van der Waals surface area contributed by atoms with Crippen molar-refractivity contribution in [1.82, 2.24) is 0 Å². The van der Waals surface area contributed by atoms with Crippen molar-refractivity contribution in [3.8, 4) is 0 Å². The Labute approximate surface area is 576 Å². The molecule has 93 heavy (non-hydrogen) atoms. The van der Waals surface area contributed by atoms with E-state index in [1.165, 1.54) is 250 Å². The van der Waals surface area contributed by atoms with E-state index in [9.17, 15) is 19.5 Å². The lowest BCUT2D eigenvalue weighted by molar-refractivity contribution is -0.870. The van der Waals surface area contributed by atoms with Gasteiger partial charge in [-0.3, -0.25) is 9.59 Å². The molecule has 1 N–H and O–H groups in total. The highest BCUT2D eigenvalue weighted by Gasteiger charge is 2.25. The smallest absolute Gasteiger partial charge is 0.361 e. The molecule has 0 fully saturated rings. The highest BCUT2D eigenvalue weighted by Crippen LogP contribution is 2.19. The van der Waals surface area contributed by atoms with Crippen molar-refractivity contribution in [3.63, 3.8) is 0 Å². The van der Waals surface area contributed by atoms with Crippen LogP contribution in [0, 0.1) is 0 Å². The van der Waals surface area contributed by atoms with Gasteiger partial charge in [0.1, 0.15) is 13.2 Å². The standard InChI is InChI=1S/C84H151NO8/c1-6-8-10-12-14-16-18-20-22-24-26-28-30-32-34-36-38-39-40-41-42-43-45-46-48-50-52-54-56-58-60-62-64-66-68-70-72-74-81(86)91-78-80(79-92-84(83(88)89)90-77-76-85(3,4)5)93-82(87)75-73-71-69-67-65-63-61-59-57-55-53-51-49-47-44-37-35-33-31-29-27-25-23-21-19-17-15-13-11-9-7-2/h9,11,15,17,21,23,27,29,33,35,44,47,51,53,80,84H,6-8,10,12-14,16,18-20,22,24-26,28,30-32,34,36-43,45-46,48-50,52,54-79H2,1-5H3/p+1/b11-9-,17-15-,23-21-,29-27-,35-33-,47-44-,53-51-. The molecule has 0 aromatic carbocycles. The minimum Gasteiger partial charge on any atom is -0.477 e. The number of likely N-dealkylation sites (N-methyl/N-ethyl adjacent to an activating group) is 1. The van der Waals surface area contributed by atoms with Gasteiger partial charge in [0.15, 0.2) is 6.10 Å². The number of nitrogens with zero attached hydrogens (tertiary/aromatic N) is 1. The molecule has 0 saturated carbocycles. The van der Waals surface area contributed by atoms with E-state index in [-0.39, 0.29) is 32.2 Å². The lowest BCUT2D eigenvalue weighted by Crippen LogP contribution is -2.40. The van der Waals surface area contributed by atoms with E-state index in [1.807, 2.05) is 21.1 Å². The Kier molecular flexibility index (Phi) is 71.4. The summed E-state index contributed by atoms with van der Waals surface area (Å²) in [4.78, 5) is 37.7. The van der Waals surface area contributed by atoms with Gasteiger partial charge in [0.25, 0.3) is 6.29 Å². The summed E-state index contributed by atoms with van der Waals surface area (Å²) < 4.78 is 23.0. The predicted molar refractivity (Wildman–Crippen MR) is 401 cm³/mol. The fourth-order valence-corrected chi connectivity index (χ4v) is 11.6. The molecule has 540 valence electrons. The molecule has 2 atom stereocenters. The fraction of sp³-hybridized carbons (Fsp3) is 0.798. The van der Waals surface area contributed by atoms with Gasteiger partial charge in [-0.15, -0.1) is 0 Å². The molecule has 0 aromatic heterocycles. The number of esters is 2. The number of carboxylic acids is 1. The average Bonchev–Trinajstić information content (AvgIpc) is 3.38. The molecule has 0 amide bonds. The van der Waals surface area contributed by atoms with Crippen molar-refractivity contribution in [2.24, 2.45) is 0 Å². The summed E-state index contributed by atoms with van der Waals surface area (Å²) in [7, 11) is 5.98. The number of carbonyl (C=O) groups is 3. The third-order valence-electron chi connectivity index (χ3n) is 17.7. The number of aliphatic carboxylic acids is 1.